The summed E-state index contributed by atoms with van der Waals surface area (Å²) in [6, 6.07) is -1.58. The second kappa shape index (κ2) is 4.51. The number of ether oxygens (including phenoxy) is 1. The number of carboxylic acids is 1. The van der Waals surface area contributed by atoms with Gasteiger partial charge in [-0.05, 0) is 39.5 Å². The van der Waals surface area contributed by atoms with Gasteiger partial charge < -0.3 is 9.84 Å². The molecule has 106 valence electrons. The van der Waals surface area contributed by atoms with E-state index in [2.05, 4.69) is 0 Å². The van der Waals surface area contributed by atoms with E-state index >= 15 is 0 Å². The Morgan fingerprint density at radius 2 is 1.95 bits per heavy atom. The average molecular weight is 269 g/mol. The maximum absolute atomic E-state index is 12.2. The Labute approximate surface area is 111 Å². The molecule has 3 fully saturated rings. The summed E-state index contributed by atoms with van der Waals surface area (Å²) in [7, 11) is 0. The summed E-state index contributed by atoms with van der Waals surface area (Å²) in [4.78, 5) is 36.5. The lowest BCUT2D eigenvalue weighted by molar-refractivity contribution is -0.156. The molecule has 2 saturated heterocycles. The van der Waals surface area contributed by atoms with Gasteiger partial charge in [0.2, 0.25) is 0 Å². The molecule has 6 nitrogen and oxygen atoms in total. The summed E-state index contributed by atoms with van der Waals surface area (Å²) < 4.78 is 5.23. The highest BCUT2D eigenvalue weighted by Crippen LogP contribution is 2.38. The molecule has 3 rings (SSSR count). The van der Waals surface area contributed by atoms with Crippen LogP contribution in [-0.4, -0.2) is 45.5 Å². The number of carboxylic acid groups (broad SMARTS) is 1. The first-order valence-electron chi connectivity index (χ1n) is 6.47. The Morgan fingerprint density at radius 3 is 2.42 bits per heavy atom. The molecule has 2 heterocycles. The van der Waals surface area contributed by atoms with Crippen molar-refractivity contribution in [3.63, 3.8) is 0 Å². The SMILES string of the molecule is CC(C)(C)OC(=O)N1C2CCC(CC2=O)C1C(=O)O. The molecule has 3 aliphatic rings. The number of fused-ring (bicyclic) bond motifs is 3. The molecule has 0 aromatic rings. The number of nitrogens with zero attached hydrogens (tertiary/aromatic N) is 1. The van der Waals surface area contributed by atoms with Gasteiger partial charge in [-0.1, -0.05) is 0 Å². The van der Waals surface area contributed by atoms with Gasteiger partial charge in [0, 0.05) is 6.42 Å². The number of amides is 1. The van der Waals surface area contributed by atoms with Crippen LogP contribution in [0.1, 0.15) is 40.0 Å². The zero-order chi connectivity index (χ0) is 14.4. The van der Waals surface area contributed by atoms with Crippen LogP contribution in [0.3, 0.4) is 0 Å². The van der Waals surface area contributed by atoms with Gasteiger partial charge in [-0.3, -0.25) is 9.69 Å². The second-order valence-electron chi connectivity index (χ2n) is 6.19. The van der Waals surface area contributed by atoms with E-state index in [1.54, 1.807) is 20.8 Å². The third-order valence-electron chi connectivity index (χ3n) is 3.59. The van der Waals surface area contributed by atoms with Crippen LogP contribution < -0.4 is 0 Å². The molecule has 0 radical (unpaired) electrons. The van der Waals surface area contributed by atoms with E-state index in [4.69, 9.17) is 4.74 Å². The molecule has 3 atom stereocenters. The highest BCUT2D eigenvalue weighted by Gasteiger charge is 2.52. The Kier molecular flexibility index (Phi) is 3.28. The molecule has 19 heavy (non-hydrogen) atoms. The Balaban J connectivity index is 2.26. The van der Waals surface area contributed by atoms with Gasteiger partial charge in [-0.15, -0.1) is 0 Å². The van der Waals surface area contributed by atoms with Gasteiger partial charge in [-0.2, -0.15) is 0 Å². The molecule has 0 aromatic carbocycles. The molecule has 1 saturated carbocycles. The lowest BCUT2D eigenvalue weighted by atomic mass is 9.74. The molecule has 2 bridgehead atoms. The Bertz CT molecular complexity index is 425. The number of hydrogen-bond acceptors (Lipinski definition) is 4. The van der Waals surface area contributed by atoms with Crippen molar-refractivity contribution in [2.75, 3.05) is 0 Å². The van der Waals surface area contributed by atoms with Crippen molar-refractivity contribution in [3.8, 4) is 0 Å². The molecule has 0 spiro atoms. The summed E-state index contributed by atoms with van der Waals surface area (Å²) in [6.07, 6.45) is 0.753. The normalized spacial score (nSPS) is 30.4. The summed E-state index contributed by atoms with van der Waals surface area (Å²) in [5.41, 5.74) is -0.708. The number of aliphatic carboxylic acids is 1. The fraction of sp³-hybridized carbons (Fsp3) is 0.769. The molecular weight excluding hydrogens is 250 g/mol. The standard InChI is InChI=1S/C13H19NO5/c1-13(2,3)19-12(18)14-8-5-4-7(6-9(8)15)10(14)11(16)17/h7-8,10H,4-6H2,1-3H3,(H,16,17). The third kappa shape index (κ3) is 2.57. The quantitative estimate of drug-likeness (QED) is 0.778. The van der Waals surface area contributed by atoms with E-state index < -0.39 is 29.7 Å². The lowest BCUT2D eigenvalue weighted by Crippen LogP contribution is -2.64. The minimum absolute atomic E-state index is 0.0559. The smallest absolute Gasteiger partial charge is 0.411 e. The highest BCUT2D eigenvalue weighted by atomic mass is 16.6. The van der Waals surface area contributed by atoms with E-state index in [-0.39, 0.29) is 18.1 Å². The fourth-order valence-electron chi connectivity index (χ4n) is 2.89. The number of carbonyl (C=O) groups excluding carboxylic acids is 2. The zero-order valence-electron chi connectivity index (χ0n) is 11.4. The van der Waals surface area contributed by atoms with Crippen molar-refractivity contribution in [2.45, 2.75) is 57.7 Å². The van der Waals surface area contributed by atoms with Crippen LogP contribution >= 0.6 is 0 Å². The molecule has 1 N–H and O–H groups in total. The molecule has 1 aliphatic carbocycles. The highest BCUT2D eigenvalue weighted by molar-refractivity contribution is 5.93. The summed E-state index contributed by atoms with van der Waals surface area (Å²) in [5, 5.41) is 9.30. The van der Waals surface area contributed by atoms with Gasteiger partial charge >= 0.3 is 12.1 Å². The summed E-state index contributed by atoms with van der Waals surface area (Å²) in [5.74, 6) is -1.41. The van der Waals surface area contributed by atoms with Crippen molar-refractivity contribution in [3.05, 3.63) is 0 Å². The first-order valence-corrected chi connectivity index (χ1v) is 6.47. The average Bonchev–Trinajstić information content (AvgIpc) is 2.25. The van der Waals surface area contributed by atoms with Crippen LogP contribution in [-0.2, 0) is 14.3 Å². The number of rotatable bonds is 1. The second-order valence-corrected chi connectivity index (χ2v) is 6.19. The molecular formula is C13H19NO5. The molecule has 6 heteroatoms. The maximum atomic E-state index is 12.2. The van der Waals surface area contributed by atoms with Crippen LogP contribution in [0, 0.1) is 5.92 Å². The van der Waals surface area contributed by atoms with Crippen molar-refractivity contribution in [1.82, 2.24) is 4.90 Å². The van der Waals surface area contributed by atoms with E-state index in [9.17, 15) is 19.5 Å². The van der Waals surface area contributed by atoms with Gasteiger partial charge in [-0.25, -0.2) is 9.59 Å². The molecule has 2 aliphatic heterocycles. The van der Waals surface area contributed by atoms with Crippen molar-refractivity contribution in [1.29, 1.82) is 0 Å². The Morgan fingerprint density at radius 1 is 1.32 bits per heavy atom. The van der Waals surface area contributed by atoms with Gasteiger partial charge in [0.1, 0.15) is 11.6 Å². The number of hydrogen-bond donors (Lipinski definition) is 1. The molecule has 3 unspecified atom stereocenters. The van der Waals surface area contributed by atoms with E-state index in [1.807, 2.05) is 0 Å². The topological polar surface area (TPSA) is 83.9 Å². The van der Waals surface area contributed by atoms with Gasteiger partial charge in [0.05, 0.1) is 6.04 Å². The van der Waals surface area contributed by atoms with E-state index in [1.165, 1.54) is 0 Å². The van der Waals surface area contributed by atoms with Crippen LogP contribution in [0.15, 0.2) is 0 Å². The van der Waals surface area contributed by atoms with E-state index in [0.717, 1.165) is 4.90 Å². The number of ketones is 1. The summed E-state index contributed by atoms with van der Waals surface area (Å²) >= 11 is 0. The fourth-order valence-corrected chi connectivity index (χ4v) is 2.89. The largest absolute Gasteiger partial charge is 0.480 e. The minimum atomic E-state index is -1.06. The first kappa shape index (κ1) is 13.8. The van der Waals surface area contributed by atoms with Crippen molar-refractivity contribution < 1.29 is 24.2 Å². The van der Waals surface area contributed by atoms with Crippen LogP contribution in [0.25, 0.3) is 0 Å². The van der Waals surface area contributed by atoms with Gasteiger partial charge in [0.25, 0.3) is 0 Å². The number of carbonyl (C=O) groups is 3. The minimum Gasteiger partial charge on any atom is -0.480 e. The van der Waals surface area contributed by atoms with E-state index in [0.29, 0.717) is 12.8 Å². The predicted octanol–water partition coefficient (Wildman–Crippen LogP) is 1.43. The monoisotopic (exact) mass is 269 g/mol. The Hall–Kier alpha value is -1.59. The van der Waals surface area contributed by atoms with Crippen molar-refractivity contribution >= 4 is 17.8 Å². The van der Waals surface area contributed by atoms with Gasteiger partial charge in [0.15, 0.2) is 5.78 Å². The zero-order valence-corrected chi connectivity index (χ0v) is 11.4. The number of Topliss-reactive ketones (excluding diaryl/α,β-unsaturated/α-hetero) is 1. The first-order chi connectivity index (χ1) is 8.70. The van der Waals surface area contributed by atoms with Crippen LogP contribution in [0.5, 0.6) is 0 Å². The molecule has 1 amide bonds. The maximum Gasteiger partial charge on any atom is 0.411 e. The third-order valence-corrected chi connectivity index (χ3v) is 3.59. The predicted molar refractivity (Wildman–Crippen MR) is 65.6 cm³/mol. The van der Waals surface area contributed by atoms with Crippen LogP contribution in [0.4, 0.5) is 4.79 Å². The number of piperidine rings is 2. The van der Waals surface area contributed by atoms with Crippen LogP contribution in [0.2, 0.25) is 0 Å². The molecule has 0 aromatic heterocycles. The van der Waals surface area contributed by atoms with Crippen molar-refractivity contribution in [2.24, 2.45) is 5.92 Å². The summed E-state index contributed by atoms with van der Waals surface area (Å²) in [6.45, 7) is 5.14. The lowest BCUT2D eigenvalue weighted by Gasteiger charge is -2.48.